The van der Waals surface area contributed by atoms with Crippen molar-refractivity contribution < 1.29 is 9.90 Å². The molecule has 0 heterocycles. The molecule has 0 aromatic carbocycles. The molecule has 0 saturated heterocycles. The van der Waals surface area contributed by atoms with Crippen molar-refractivity contribution in [3.05, 3.63) is 0 Å². The number of hydrogen-bond donors (Lipinski definition) is 3. The zero-order chi connectivity index (χ0) is 14.8. The molecule has 4 N–H and O–H groups in total. The predicted molar refractivity (Wildman–Crippen MR) is 79.7 cm³/mol. The van der Waals surface area contributed by atoms with Gasteiger partial charge in [-0.2, -0.15) is 0 Å². The first-order chi connectivity index (χ1) is 8.94. The fourth-order valence-corrected chi connectivity index (χ4v) is 2.48. The van der Waals surface area contributed by atoms with Crippen LogP contribution in [0.25, 0.3) is 0 Å². The fraction of sp³-hybridized carbons (Fsp3) is 0.933. The van der Waals surface area contributed by atoms with Crippen LogP contribution in [0, 0.1) is 17.8 Å². The molecule has 4 heteroatoms. The van der Waals surface area contributed by atoms with Gasteiger partial charge in [-0.05, 0) is 30.7 Å². The van der Waals surface area contributed by atoms with E-state index in [2.05, 4.69) is 33.0 Å². The van der Waals surface area contributed by atoms with Gasteiger partial charge in [-0.3, -0.25) is 4.79 Å². The first-order valence-corrected chi connectivity index (χ1v) is 7.59. The molecule has 0 aliphatic carbocycles. The predicted octanol–water partition coefficient (Wildman–Crippen LogP) is 1.91. The third-order valence-corrected chi connectivity index (χ3v) is 3.71. The monoisotopic (exact) mass is 272 g/mol. The van der Waals surface area contributed by atoms with Crippen molar-refractivity contribution in [3.63, 3.8) is 0 Å². The quantitative estimate of drug-likeness (QED) is 0.568. The Balaban J connectivity index is 4.03. The average Bonchev–Trinajstić information content (AvgIpc) is 2.36. The van der Waals surface area contributed by atoms with Gasteiger partial charge in [-0.25, -0.2) is 0 Å². The van der Waals surface area contributed by atoms with Crippen LogP contribution in [0.5, 0.6) is 0 Å². The average molecular weight is 272 g/mol. The molecule has 0 radical (unpaired) electrons. The highest BCUT2D eigenvalue weighted by Gasteiger charge is 2.18. The van der Waals surface area contributed by atoms with E-state index in [4.69, 9.17) is 5.73 Å². The highest BCUT2D eigenvalue weighted by Crippen LogP contribution is 2.15. The Bertz CT molecular complexity index is 240. The number of aliphatic hydroxyl groups excluding tert-OH is 1. The lowest BCUT2D eigenvalue weighted by Gasteiger charge is -2.21. The van der Waals surface area contributed by atoms with Crippen LogP contribution >= 0.6 is 0 Å². The van der Waals surface area contributed by atoms with E-state index in [9.17, 15) is 9.90 Å². The molecule has 0 rings (SSSR count). The summed E-state index contributed by atoms with van der Waals surface area (Å²) >= 11 is 0. The van der Waals surface area contributed by atoms with E-state index in [0.29, 0.717) is 25.4 Å². The zero-order valence-electron chi connectivity index (χ0n) is 13.0. The third kappa shape index (κ3) is 8.22. The maximum atomic E-state index is 11.8. The summed E-state index contributed by atoms with van der Waals surface area (Å²) in [6.45, 7) is 9.29. The van der Waals surface area contributed by atoms with Gasteiger partial charge < -0.3 is 16.2 Å². The Morgan fingerprint density at radius 1 is 1.26 bits per heavy atom. The largest absolute Gasteiger partial charge is 0.391 e. The van der Waals surface area contributed by atoms with Gasteiger partial charge in [-0.1, -0.05) is 40.5 Å². The Labute approximate surface area is 118 Å². The van der Waals surface area contributed by atoms with Crippen LogP contribution in [0.1, 0.15) is 53.4 Å². The lowest BCUT2D eigenvalue weighted by Crippen LogP contribution is -2.37. The standard InChI is InChI=1S/C15H32N2O2/c1-5-13(6-2)14(18)10-17-15(19)8-12(9-16)7-11(3)4/h11-14,18H,5-10,16H2,1-4H3,(H,17,19). The number of hydrogen-bond acceptors (Lipinski definition) is 3. The molecule has 0 bridgehead atoms. The van der Waals surface area contributed by atoms with Gasteiger partial charge in [0.2, 0.25) is 5.91 Å². The van der Waals surface area contributed by atoms with Crippen molar-refractivity contribution in [2.75, 3.05) is 13.1 Å². The Morgan fingerprint density at radius 3 is 2.26 bits per heavy atom. The fourth-order valence-electron chi connectivity index (χ4n) is 2.48. The maximum Gasteiger partial charge on any atom is 0.220 e. The summed E-state index contributed by atoms with van der Waals surface area (Å²) in [5, 5.41) is 12.8. The van der Waals surface area contributed by atoms with Gasteiger partial charge in [0.1, 0.15) is 0 Å². The van der Waals surface area contributed by atoms with Crippen LogP contribution in [-0.4, -0.2) is 30.2 Å². The summed E-state index contributed by atoms with van der Waals surface area (Å²) in [6.07, 6.45) is 2.86. The molecular weight excluding hydrogens is 240 g/mol. The van der Waals surface area contributed by atoms with E-state index in [1.807, 2.05) is 0 Å². The molecule has 0 aliphatic heterocycles. The number of aliphatic hydroxyl groups is 1. The molecule has 2 atom stereocenters. The molecule has 0 aromatic heterocycles. The second-order valence-corrected chi connectivity index (χ2v) is 5.88. The summed E-state index contributed by atoms with van der Waals surface area (Å²) in [6, 6.07) is 0. The van der Waals surface area contributed by atoms with Crippen LogP contribution in [0.3, 0.4) is 0 Å². The topological polar surface area (TPSA) is 75.3 Å². The van der Waals surface area contributed by atoms with Gasteiger partial charge in [0.25, 0.3) is 0 Å². The van der Waals surface area contributed by atoms with Crippen molar-refractivity contribution in [3.8, 4) is 0 Å². The van der Waals surface area contributed by atoms with Gasteiger partial charge in [0.15, 0.2) is 0 Å². The van der Waals surface area contributed by atoms with Crippen molar-refractivity contribution >= 4 is 5.91 Å². The first kappa shape index (κ1) is 18.4. The normalized spacial score (nSPS) is 14.7. The van der Waals surface area contributed by atoms with E-state index in [1.54, 1.807) is 0 Å². The second-order valence-electron chi connectivity index (χ2n) is 5.88. The van der Waals surface area contributed by atoms with Crippen LogP contribution in [0.2, 0.25) is 0 Å². The summed E-state index contributed by atoms with van der Waals surface area (Å²) in [5.74, 6) is 1.06. The molecule has 0 fully saturated rings. The molecule has 2 unspecified atom stereocenters. The molecular formula is C15H32N2O2. The highest BCUT2D eigenvalue weighted by molar-refractivity contribution is 5.76. The van der Waals surface area contributed by atoms with Gasteiger partial charge in [0, 0.05) is 13.0 Å². The number of carbonyl (C=O) groups is 1. The van der Waals surface area contributed by atoms with Gasteiger partial charge >= 0.3 is 0 Å². The summed E-state index contributed by atoms with van der Waals surface area (Å²) in [4.78, 5) is 11.8. The van der Waals surface area contributed by atoms with Crippen molar-refractivity contribution in [1.82, 2.24) is 5.32 Å². The summed E-state index contributed by atoms with van der Waals surface area (Å²) in [7, 11) is 0. The van der Waals surface area contributed by atoms with E-state index in [1.165, 1.54) is 0 Å². The van der Waals surface area contributed by atoms with E-state index in [0.717, 1.165) is 19.3 Å². The minimum absolute atomic E-state index is 0.00102. The molecule has 114 valence electrons. The Morgan fingerprint density at radius 2 is 1.84 bits per heavy atom. The third-order valence-electron chi connectivity index (χ3n) is 3.71. The summed E-state index contributed by atoms with van der Waals surface area (Å²) < 4.78 is 0. The maximum absolute atomic E-state index is 11.8. The Hall–Kier alpha value is -0.610. The minimum atomic E-state index is -0.444. The van der Waals surface area contributed by atoms with Crippen molar-refractivity contribution in [1.29, 1.82) is 0 Å². The summed E-state index contributed by atoms with van der Waals surface area (Å²) in [5.41, 5.74) is 5.69. The van der Waals surface area contributed by atoms with Crippen LogP contribution in [-0.2, 0) is 4.79 Å². The van der Waals surface area contributed by atoms with E-state index in [-0.39, 0.29) is 17.7 Å². The van der Waals surface area contributed by atoms with Crippen LogP contribution in [0.15, 0.2) is 0 Å². The SMILES string of the molecule is CCC(CC)C(O)CNC(=O)CC(CN)CC(C)C. The molecule has 19 heavy (non-hydrogen) atoms. The van der Waals surface area contributed by atoms with Crippen molar-refractivity contribution in [2.45, 2.75) is 59.5 Å². The lowest BCUT2D eigenvalue weighted by molar-refractivity contribution is -0.122. The highest BCUT2D eigenvalue weighted by atomic mass is 16.3. The Kier molecular flexibility index (Phi) is 9.88. The molecule has 0 spiro atoms. The molecule has 0 aliphatic rings. The molecule has 0 aromatic rings. The van der Waals surface area contributed by atoms with Gasteiger partial charge in [0.05, 0.1) is 6.10 Å². The number of rotatable bonds is 10. The molecule has 1 amide bonds. The first-order valence-electron chi connectivity index (χ1n) is 7.59. The number of nitrogens with one attached hydrogen (secondary N) is 1. The van der Waals surface area contributed by atoms with Crippen LogP contribution in [0.4, 0.5) is 0 Å². The number of amides is 1. The van der Waals surface area contributed by atoms with Gasteiger partial charge in [-0.15, -0.1) is 0 Å². The second kappa shape index (κ2) is 10.2. The minimum Gasteiger partial charge on any atom is -0.391 e. The van der Waals surface area contributed by atoms with E-state index < -0.39 is 6.10 Å². The van der Waals surface area contributed by atoms with Crippen molar-refractivity contribution in [2.24, 2.45) is 23.5 Å². The smallest absolute Gasteiger partial charge is 0.220 e. The zero-order valence-corrected chi connectivity index (χ0v) is 13.0. The molecule has 0 saturated carbocycles. The van der Waals surface area contributed by atoms with Crippen LogP contribution < -0.4 is 11.1 Å². The van der Waals surface area contributed by atoms with E-state index >= 15 is 0 Å². The number of carbonyl (C=O) groups excluding carboxylic acids is 1. The molecule has 4 nitrogen and oxygen atoms in total. The number of nitrogens with two attached hydrogens (primary N) is 1. The lowest BCUT2D eigenvalue weighted by atomic mass is 9.93.